The molecule has 1 fully saturated rings. The minimum Gasteiger partial charge on any atom is -0.368 e. The fourth-order valence-electron chi connectivity index (χ4n) is 2.61. The Bertz CT molecular complexity index is 444. The smallest absolute Gasteiger partial charge is 0.246 e. The number of hydrogen-bond acceptors (Lipinski definition) is 2. The van der Waals surface area contributed by atoms with Crippen LogP contribution in [-0.4, -0.2) is 18.6 Å². The molecule has 0 bridgehead atoms. The summed E-state index contributed by atoms with van der Waals surface area (Å²) in [5, 5.41) is 2.98. The highest BCUT2D eigenvalue weighted by Gasteiger charge is 2.16. The zero-order valence-corrected chi connectivity index (χ0v) is 13.5. The summed E-state index contributed by atoms with van der Waals surface area (Å²) in [4.78, 5) is 11.9. The SMILES string of the molecule is CC(NC(=O)COC1CCCCC1)c1ccccc1Br. The number of nitrogens with one attached hydrogen (secondary N) is 1. The monoisotopic (exact) mass is 339 g/mol. The molecule has 0 saturated heterocycles. The third-order valence-electron chi connectivity index (χ3n) is 3.75. The molecule has 0 aliphatic heterocycles. The minimum absolute atomic E-state index is 0.0203. The highest BCUT2D eigenvalue weighted by Crippen LogP contribution is 2.23. The van der Waals surface area contributed by atoms with Crippen molar-refractivity contribution in [2.75, 3.05) is 6.61 Å². The summed E-state index contributed by atoms with van der Waals surface area (Å²) in [7, 11) is 0. The van der Waals surface area contributed by atoms with Crippen LogP contribution in [0, 0.1) is 0 Å². The van der Waals surface area contributed by atoms with E-state index >= 15 is 0 Å². The molecule has 1 N–H and O–H groups in total. The largest absolute Gasteiger partial charge is 0.368 e. The van der Waals surface area contributed by atoms with Crippen molar-refractivity contribution >= 4 is 21.8 Å². The molecule has 1 unspecified atom stereocenters. The topological polar surface area (TPSA) is 38.3 Å². The van der Waals surface area contributed by atoms with Gasteiger partial charge in [-0.1, -0.05) is 53.4 Å². The van der Waals surface area contributed by atoms with E-state index in [1.54, 1.807) is 0 Å². The quantitative estimate of drug-likeness (QED) is 0.881. The van der Waals surface area contributed by atoms with Gasteiger partial charge in [0, 0.05) is 4.47 Å². The van der Waals surface area contributed by atoms with Crippen molar-refractivity contribution in [3.8, 4) is 0 Å². The van der Waals surface area contributed by atoms with Crippen LogP contribution in [0.4, 0.5) is 0 Å². The standard InChI is InChI=1S/C16H22BrNO2/c1-12(14-9-5-6-10-15(14)17)18-16(19)11-20-13-7-3-2-4-8-13/h5-6,9-10,12-13H,2-4,7-8,11H2,1H3,(H,18,19). The molecule has 1 aliphatic carbocycles. The van der Waals surface area contributed by atoms with Crippen molar-refractivity contribution in [2.45, 2.75) is 51.2 Å². The van der Waals surface area contributed by atoms with E-state index in [2.05, 4.69) is 21.2 Å². The molecule has 2 rings (SSSR count). The Kier molecular flexibility index (Phi) is 6.05. The van der Waals surface area contributed by atoms with Crippen LogP contribution in [0.2, 0.25) is 0 Å². The third-order valence-corrected chi connectivity index (χ3v) is 4.47. The van der Waals surface area contributed by atoms with Gasteiger partial charge in [0.15, 0.2) is 0 Å². The van der Waals surface area contributed by atoms with Gasteiger partial charge in [0.25, 0.3) is 0 Å². The van der Waals surface area contributed by atoms with Gasteiger partial charge in [-0.15, -0.1) is 0 Å². The van der Waals surface area contributed by atoms with Gasteiger partial charge in [0.1, 0.15) is 6.61 Å². The molecule has 1 saturated carbocycles. The third kappa shape index (κ3) is 4.60. The van der Waals surface area contributed by atoms with Crippen LogP contribution in [0.3, 0.4) is 0 Å². The molecule has 0 spiro atoms. The van der Waals surface area contributed by atoms with E-state index in [4.69, 9.17) is 4.74 Å². The summed E-state index contributed by atoms with van der Waals surface area (Å²) in [6.07, 6.45) is 6.19. The molecule has 1 amide bonds. The predicted molar refractivity (Wildman–Crippen MR) is 83.5 cm³/mol. The fraction of sp³-hybridized carbons (Fsp3) is 0.562. The summed E-state index contributed by atoms with van der Waals surface area (Å²) in [6, 6.07) is 7.91. The Morgan fingerprint density at radius 3 is 2.75 bits per heavy atom. The average Bonchev–Trinajstić information content (AvgIpc) is 2.46. The number of halogens is 1. The van der Waals surface area contributed by atoms with E-state index in [0.717, 1.165) is 22.9 Å². The van der Waals surface area contributed by atoms with E-state index in [1.807, 2.05) is 31.2 Å². The highest BCUT2D eigenvalue weighted by molar-refractivity contribution is 9.10. The first kappa shape index (κ1) is 15.5. The molecule has 1 aromatic rings. The molecule has 1 aliphatic rings. The maximum Gasteiger partial charge on any atom is 0.246 e. The van der Waals surface area contributed by atoms with Crippen LogP contribution >= 0.6 is 15.9 Å². The van der Waals surface area contributed by atoms with Crippen molar-refractivity contribution in [1.82, 2.24) is 5.32 Å². The summed E-state index contributed by atoms with van der Waals surface area (Å²) in [6.45, 7) is 2.15. The van der Waals surface area contributed by atoms with Crippen molar-refractivity contribution in [3.63, 3.8) is 0 Å². The number of amides is 1. The van der Waals surface area contributed by atoms with Gasteiger partial charge >= 0.3 is 0 Å². The molecule has 4 heteroatoms. The Morgan fingerprint density at radius 2 is 2.05 bits per heavy atom. The van der Waals surface area contributed by atoms with E-state index in [1.165, 1.54) is 19.3 Å². The van der Waals surface area contributed by atoms with Crippen molar-refractivity contribution in [2.24, 2.45) is 0 Å². The van der Waals surface area contributed by atoms with Crippen molar-refractivity contribution in [1.29, 1.82) is 0 Å². The van der Waals surface area contributed by atoms with Gasteiger partial charge in [-0.3, -0.25) is 4.79 Å². The molecule has 1 aromatic carbocycles. The predicted octanol–water partition coefficient (Wildman–Crippen LogP) is 3.98. The van der Waals surface area contributed by atoms with E-state index in [9.17, 15) is 4.79 Å². The number of carbonyl (C=O) groups is 1. The Labute approximate surface area is 129 Å². The first-order valence-corrected chi connectivity index (χ1v) is 8.11. The van der Waals surface area contributed by atoms with Gasteiger partial charge in [-0.05, 0) is 31.4 Å². The zero-order chi connectivity index (χ0) is 14.4. The summed E-state index contributed by atoms with van der Waals surface area (Å²) < 4.78 is 6.70. The second-order valence-electron chi connectivity index (χ2n) is 5.38. The molecular weight excluding hydrogens is 318 g/mol. The van der Waals surface area contributed by atoms with Gasteiger partial charge in [-0.25, -0.2) is 0 Å². The molecule has 20 heavy (non-hydrogen) atoms. The van der Waals surface area contributed by atoms with Crippen LogP contribution < -0.4 is 5.32 Å². The summed E-state index contributed by atoms with van der Waals surface area (Å²) >= 11 is 3.51. The lowest BCUT2D eigenvalue weighted by atomic mass is 9.98. The maximum absolute atomic E-state index is 11.9. The maximum atomic E-state index is 11.9. The lowest BCUT2D eigenvalue weighted by Gasteiger charge is -2.22. The average molecular weight is 340 g/mol. The molecule has 110 valence electrons. The highest BCUT2D eigenvalue weighted by atomic mass is 79.9. The summed E-state index contributed by atoms with van der Waals surface area (Å²) in [5.74, 6) is -0.0428. The van der Waals surface area contributed by atoms with Crippen molar-refractivity contribution in [3.05, 3.63) is 34.3 Å². The van der Waals surface area contributed by atoms with Crippen LogP contribution in [0.15, 0.2) is 28.7 Å². The molecule has 0 aromatic heterocycles. The zero-order valence-electron chi connectivity index (χ0n) is 11.9. The van der Waals surface area contributed by atoms with Crippen molar-refractivity contribution < 1.29 is 9.53 Å². The lowest BCUT2D eigenvalue weighted by molar-refractivity contribution is -0.129. The molecular formula is C16H22BrNO2. The second-order valence-corrected chi connectivity index (χ2v) is 6.24. The number of rotatable bonds is 5. The van der Waals surface area contributed by atoms with Gasteiger partial charge < -0.3 is 10.1 Å². The number of carbonyl (C=O) groups excluding carboxylic acids is 1. The lowest BCUT2D eigenvalue weighted by Crippen LogP contribution is -2.32. The van der Waals surface area contributed by atoms with Crippen LogP contribution in [0.1, 0.15) is 50.6 Å². The van der Waals surface area contributed by atoms with E-state index in [-0.39, 0.29) is 24.7 Å². The molecule has 3 nitrogen and oxygen atoms in total. The molecule has 0 radical (unpaired) electrons. The molecule has 0 heterocycles. The fourth-order valence-corrected chi connectivity index (χ4v) is 3.24. The number of ether oxygens (including phenoxy) is 1. The first-order valence-electron chi connectivity index (χ1n) is 7.32. The van der Waals surface area contributed by atoms with E-state index in [0.29, 0.717) is 0 Å². The van der Waals surface area contributed by atoms with Gasteiger partial charge in [0.2, 0.25) is 5.91 Å². The van der Waals surface area contributed by atoms with Gasteiger partial charge in [-0.2, -0.15) is 0 Å². The summed E-state index contributed by atoms with van der Waals surface area (Å²) in [5.41, 5.74) is 1.08. The molecule has 1 atom stereocenters. The van der Waals surface area contributed by atoms with Gasteiger partial charge in [0.05, 0.1) is 12.1 Å². The minimum atomic E-state index is -0.0428. The Morgan fingerprint density at radius 1 is 1.35 bits per heavy atom. The van der Waals surface area contributed by atoms with Crippen LogP contribution in [0.5, 0.6) is 0 Å². The van der Waals surface area contributed by atoms with Crippen LogP contribution in [-0.2, 0) is 9.53 Å². The van der Waals surface area contributed by atoms with Crippen LogP contribution in [0.25, 0.3) is 0 Å². The Hall–Kier alpha value is -0.870. The second kappa shape index (κ2) is 7.79. The number of benzene rings is 1. The first-order chi connectivity index (χ1) is 9.66. The number of hydrogen-bond donors (Lipinski definition) is 1. The normalized spacial score (nSPS) is 17.7. The Balaban J connectivity index is 1.77. The van der Waals surface area contributed by atoms with E-state index < -0.39 is 0 Å².